The summed E-state index contributed by atoms with van der Waals surface area (Å²) in [5.74, 6) is 0.376. The lowest BCUT2D eigenvalue weighted by atomic mass is 9.93. The SMILES string of the molecule is CCNC(=NCC(C)(C)C(N)=O)N(C)Cc1cccc(Cl)c1. The number of aliphatic imine (C=N–C) groups is 1. The van der Waals surface area contributed by atoms with Crippen molar-refractivity contribution in [2.45, 2.75) is 27.3 Å². The van der Waals surface area contributed by atoms with Gasteiger partial charge in [-0.05, 0) is 38.5 Å². The van der Waals surface area contributed by atoms with Crippen LogP contribution in [0.4, 0.5) is 0 Å². The van der Waals surface area contributed by atoms with Crippen LogP contribution in [-0.4, -0.2) is 36.9 Å². The molecule has 0 radical (unpaired) electrons. The van der Waals surface area contributed by atoms with Crippen LogP contribution in [0.3, 0.4) is 0 Å². The number of amides is 1. The number of primary amides is 1. The molecule has 1 rings (SSSR count). The van der Waals surface area contributed by atoms with E-state index in [1.165, 1.54) is 0 Å². The van der Waals surface area contributed by atoms with E-state index in [1.54, 1.807) is 13.8 Å². The summed E-state index contributed by atoms with van der Waals surface area (Å²) in [6.07, 6.45) is 0. The predicted molar refractivity (Wildman–Crippen MR) is 91.9 cm³/mol. The molecule has 0 aliphatic rings. The fourth-order valence-electron chi connectivity index (χ4n) is 1.80. The number of nitrogens with zero attached hydrogens (tertiary/aromatic N) is 2. The zero-order valence-electron chi connectivity index (χ0n) is 13.7. The van der Waals surface area contributed by atoms with Gasteiger partial charge in [0.1, 0.15) is 0 Å². The molecule has 0 heterocycles. The molecule has 0 spiro atoms. The molecular weight excluding hydrogens is 300 g/mol. The van der Waals surface area contributed by atoms with E-state index >= 15 is 0 Å². The monoisotopic (exact) mass is 324 g/mol. The van der Waals surface area contributed by atoms with Gasteiger partial charge >= 0.3 is 0 Å². The minimum Gasteiger partial charge on any atom is -0.369 e. The Morgan fingerprint density at radius 2 is 2.14 bits per heavy atom. The average Bonchev–Trinajstić information content (AvgIpc) is 2.43. The first-order chi connectivity index (χ1) is 10.3. The van der Waals surface area contributed by atoms with Crippen LogP contribution in [0.1, 0.15) is 26.3 Å². The molecule has 1 amide bonds. The second-order valence-corrected chi connectivity index (χ2v) is 6.34. The van der Waals surface area contributed by atoms with Gasteiger partial charge in [0.15, 0.2) is 5.96 Å². The lowest BCUT2D eigenvalue weighted by Gasteiger charge is -2.24. The van der Waals surface area contributed by atoms with Gasteiger partial charge in [0.05, 0.1) is 12.0 Å². The summed E-state index contributed by atoms with van der Waals surface area (Å²) in [7, 11) is 1.94. The molecule has 5 nitrogen and oxygen atoms in total. The van der Waals surface area contributed by atoms with E-state index in [2.05, 4.69) is 10.3 Å². The van der Waals surface area contributed by atoms with Crippen LogP contribution in [0.15, 0.2) is 29.3 Å². The molecule has 1 aromatic rings. The van der Waals surface area contributed by atoms with Crippen LogP contribution in [0.2, 0.25) is 5.02 Å². The molecule has 1 aromatic carbocycles. The van der Waals surface area contributed by atoms with E-state index in [0.29, 0.717) is 18.1 Å². The summed E-state index contributed by atoms with van der Waals surface area (Å²) in [6, 6.07) is 7.71. The van der Waals surface area contributed by atoms with Crippen LogP contribution in [0.5, 0.6) is 0 Å². The summed E-state index contributed by atoms with van der Waals surface area (Å²) < 4.78 is 0. The molecule has 3 N–H and O–H groups in total. The van der Waals surface area contributed by atoms with Crippen molar-refractivity contribution >= 4 is 23.5 Å². The smallest absolute Gasteiger partial charge is 0.224 e. The Labute approximate surface area is 137 Å². The molecule has 0 aliphatic carbocycles. The third-order valence-corrected chi connectivity index (χ3v) is 3.53. The Balaban J connectivity index is 2.83. The van der Waals surface area contributed by atoms with Crippen molar-refractivity contribution < 1.29 is 4.79 Å². The zero-order chi connectivity index (χ0) is 16.8. The first-order valence-corrected chi connectivity index (χ1v) is 7.68. The van der Waals surface area contributed by atoms with Gasteiger partial charge in [-0.2, -0.15) is 0 Å². The molecule has 0 aromatic heterocycles. The van der Waals surface area contributed by atoms with Crippen molar-refractivity contribution in [3.63, 3.8) is 0 Å². The van der Waals surface area contributed by atoms with E-state index in [9.17, 15) is 4.79 Å². The van der Waals surface area contributed by atoms with Crippen LogP contribution in [0.25, 0.3) is 0 Å². The quantitative estimate of drug-likeness (QED) is 0.623. The number of guanidine groups is 1. The van der Waals surface area contributed by atoms with Gasteiger partial charge in [-0.1, -0.05) is 23.7 Å². The number of rotatable bonds is 6. The van der Waals surface area contributed by atoms with Crippen molar-refractivity contribution in [3.05, 3.63) is 34.9 Å². The Morgan fingerprint density at radius 3 is 2.68 bits per heavy atom. The molecule has 0 aliphatic heterocycles. The van der Waals surface area contributed by atoms with E-state index < -0.39 is 5.41 Å². The highest BCUT2D eigenvalue weighted by Crippen LogP contribution is 2.15. The number of carbonyl (C=O) groups excluding carboxylic acids is 1. The second-order valence-electron chi connectivity index (χ2n) is 5.90. The van der Waals surface area contributed by atoms with Gasteiger partial charge in [0, 0.05) is 25.2 Å². The van der Waals surface area contributed by atoms with Gasteiger partial charge in [0.2, 0.25) is 5.91 Å². The maximum Gasteiger partial charge on any atom is 0.224 e. The van der Waals surface area contributed by atoms with Gasteiger partial charge < -0.3 is 16.0 Å². The molecular formula is C16H25ClN4O. The molecule has 6 heteroatoms. The highest BCUT2D eigenvalue weighted by molar-refractivity contribution is 6.30. The minimum atomic E-state index is -0.669. The second kappa shape index (κ2) is 8.03. The summed E-state index contributed by atoms with van der Waals surface area (Å²) in [5, 5.41) is 3.93. The first-order valence-electron chi connectivity index (χ1n) is 7.30. The number of nitrogens with two attached hydrogens (primary N) is 1. The summed E-state index contributed by atoms with van der Waals surface area (Å²) >= 11 is 6.01. The van der Waals surface area contributed by atoms with Crippen molar-refractivity contribution in [3.8, 4) is 0 Å². The predicted octanol–water partition coefficient (Wildman–Crippen LogP) is 2.25. The fraction of sp³-hybridized carbons (Fsp3) is 0.500. The number of halogens is 1. The molecule has 0 bridgehead atoms. The van der Waals surface area contributed by atoms with E-state index in [0.717, 1.165) is 18.1 Å². The number of hydrogen-bond acceptors (Lipinski definition) is 2. The molecule has 0 fully saturated rings. The Kier molecular flexibility index (Phi) is 6.68. The number of carbonyl (C=O) groups is 1. The van der Waals surface area contributed by atoms with Gasteiger partial charge in [-0.15, -0.1) is 0 Å². The lowest BCUT2D eigenvalue weighted by Crippen LogP contribution is -2.40. The van der Waals surface area contributed by atoms with Crippen molar-refractivity contribution in [2.75, 3.05) is 20.1 Å². The largest absolute Gasteiger partial charge is 0.369 e. The maximum atomic E-state index is 11.4. The number of nitrogens with one attached hydrogen (secondary N) is 1. The van der Waals surface area contributed by atoms with Crippen LogP contribution in [0, 0.1) is 5.41 Å². The summed E-state index contributed by atoms with van der Waals surface area (Å²) in [6.45, 7) is 7.34. The van der Waals surface area contributed by atoms with Crippen LogP contribution in [-0.2, 0) is 11.3 Å². The van der Waals surface area contributed by atoms with Gasteiger partial charge in [-0.3, -0.25) is 9.79 Å². The van der Waals surface area contributed by atoms with Crippen molar-refractivity contribution in [1.82, 2.24) is 10.2 Å². The van der Waals surface area contributed by atoms with Crippen LogP contribution >= 0.6 is 11.6 Å². The molecule has 0 saturated carbocycles. The highest BCUT2D eigenvalue weighted by atomic mass is 35.5. The summed E-state index contributed by atoms with van der Waals surface area (Å²) in [4.78, 5) is 17.9. The topological polar surface area (TPSA) is 70.7 Å². The fourth-order valence-corrected chi connectivity index (χ4v) is 2.02. The van der Waals surface area contributed by atoms with Gasteiger partial charge in [0.25, 0.3) is 0 Å². The third-order valence-electron chi connectivity index (χ3n) is 3.30. The zero-order valence-corrected chi connectivity index (χ0v) is 14.4. The van der Waals surface area contributed by atoms with Crippen LogP contribution < -0.4 is 11.1 Å². The Hall–Kier alpha value is -1.75. The van der Waals surface area contributed by atoms with E-state index in [-0.39, 0.29) is 5.91 Å². The molecule has 0 atom stereocenters. The lowest BCUT2D eigenvalue weighted by molar-refractivity contribution is -0.125. The molecule has 0 saturated heterocycles. The average molecular weight is 325 g/mol. The third kappa shape index (κ3) is 5.56. The standard InChI is InChI=1S/C16H25ClN4O/c1-5-19-15(20-11-16(2,3)14(18)22)21(4)10-12-7-6-8-13(17)9-12/h6-9H,5,10-11H2,1-4H3,(H2,18,22)(H,19,20). The van der Waals surface area contributed by atoms with Gasteiger partial charge in [-0.25, -0.2) is 0 Å². The number of hydrogen-bond donors (Lipinski definition) is 2. The highest BCUT2D eigenvalue weighted by Gasteiger charge is 2.24. The normalized spacial score (nSPS) is 12.1. The number of benzene rings is 1. The van der Waals surface area contributed by atoms with E-state index in [4.69, 9.17) is 17.3 Å². The summed E-state index contributed by atoms with van der Waals surface area (Å²) in [5.41, 5.74) is 5.81. The Bertz CT molecular complexity index is 543. The maximum absolute atomic E-state index is 11.4. The van der Waals surface area contributed by atoms with Crippen molar-refractivity contribution in [1.29, 1.82) is 0 Å². The van der Waals surface area contributed by atoms with Crippen molar-refractivity contribution in [2.24, 2.45) is 16.1 Å². The minimum absolute atomic E-state index is 0.338. The molecule has 22 heavy (non-hydrogen) atoms. The molecule has 122 valence electrons. The first kappa shape index (κ1) is 18.3. The molecule has 0 unspecified atom stereocenters. The Morgan fingerprint density at radius 1 is 1.45 bits per heavy atom. The van der Waals surface area contributed by atoms with E-state index in [1.807, 2.05) is 43.1 Å².